The summed E-state index contributed by atoms with van der Waals surface area (Å²) in [6, 6.07) is 14.4. The van der Waals surface area contributed by atoms with E-state index >= 15 is 0 Å². The van der Waals surface area contributed by atoms with E-state index in [-0.39, 0.29) is 11.8 Å². The first-order chi connectivity index (χ1) is 20.4. The summed E-state index contributed by atoms with van der Waals surface area (Å²) in [5, 5.41) is 13.1. The van der Waals surface area contributed by atoms with Gasteiger partial charge in [0.2, 0.25) is 0 Å². The van der Waals surface area contributed by atoms with Crippen LogP contribution in [0, 0.1) is 29.6 Å². The maximum absolute atomic E-state index is 13.2. The van der Waals surface area contributed by atoms with Gasteiger partial charge >= 0.3 is 5.97 Å². The minimum absolute atomic E-state index is 0.0837. The molecule has 1 amide bonds. The van der Waals surface area contributed by atoms with Crippen molar-refractivity contribution in [2.24, 2.45) is 29.6 Å². The van der Waals surface area contributed by atoms with Gasteiger partial charge in [0.15, 0.2) is 0 Å². The molecule has 0 heterocycles. The number of hydrogen-bond donors (Lipinski definition) is 2. The third-order valence-electron chi connectivity index (χ3n) is 11.0. The number of amides is 1. The first-order valence-electron chi connectivity index (χ1n) is 16.8. The monoisotopic (exact) mass is 571 g/mol. The Balaban J connectivity index is 1.11. The molecule has 5 aliphatic carbocycles. The molecular formula is C37H49NO4. The Hall–Kier alpha value is -2.82. The van der Waals surface area contributed by atoms with E-state index in [4.69, 9.17) is 4.74 Å². The summed E-state index contributed by atoms with van der Waals surface area (Å²) >= 11 is 0. The number of benzene rings is 2. The summed E-state index contributed by atoms with van der Waals surface area (Å²) < 4.78 is 6.02. The Morgan fingerprint density at radius 2 is 1.62 bits per heavy atom. The van der Waals surface area contributed by atoms with Gasteiger partial charge in [-0.25, -0.2) is 0 Å². The van der Waals surface area contributed by atoms with Crippen LogP contribution >= 0.6 is 0 Å². The van der Waals surface area contributed by atoms with E-state index in [0.717, 1.165) is 60.3 Å². The number of carboxylic acids is 1. The van der Waals surface area contributed by atoms with Gasteiger partial charge in [-0.3, -0.25) is 9.59 Å². The SMILES string of the molecule is CCCOc1ccc(C[C@@H](CC2CCCCC2)C(=O)O)cc1CNC(=O)c1ccc(C23CC4CC(CC(C4)C2)C3)cc1. The van der Waals surface area contributed by atoms with Crippen LogP contribution in [0.3, 0.4) is 0 Å². The van der Waals surface area contributed by atoms with Gasteiger partial charge in [-0.05, 0) is 116 Å². The number of rotatable bonds is 12. The van der Waals surface area contributed by atoms with E-state index in [1.54, 1.807) is 0 Å². The molecule has 5 nitrogen and oxygen atoms in total. The first kappa shape index (κ1) is 29.3. The minimum Gasteiger partial charge on any atom is -0.493 e. The molecule has 0 saturated heterocycles. The second-order valence-electron chi connectivity index (χ2n) is 14.2. The molecule has 2 aromatic rings. The molecule has 2 N–H and O–H groups in total. The van der Waals surface area contributed by atoms with E-state index in [1.165, 1.54) is 63.4 Å². The highest BCUT2D eigenvalue weighted by Crippen LogP contribution is 2.60. The van der Waals surface area contributed by atoms with Crippen molar-refractivity contribution in [3.05, 3.63) is 64.7 Å². The molecule has 0 unspecified atom stereocenters. The number of ether oxygens (including phenoxy) is 1. The third kappa shape index (κ3) is 6.55. The standard InChI is InChI=1S/C37H49NO4/c1-2-14-42-34-13-8-26(19-31(36(40)41)18-25-6-4-3-5-7-25)20-32(34)24-38-35(39)30-9-11-33(12-10-30)37-21-27-15-28(22-37)17-29(16-27)23-37/h8-13,20,25,27-29,31H,2-7,14-19,21-24H2,1H3,(H,38,39)(H,40,41)/t27?,28?,29?,31-,37?/m1/s1. The molecule has 4 bridgehead atoms. The number of aliphatic carboxylic acids is 1. The highest BCUT2D eigenvalue weighted by molar-refractivity contribution is 5.94. The molecule has 5 saturated carbocycles. The average Bonchev–Trinajstić information content (AvgIpc) is 2.99. The molecule has 5 aliphatic rings. The summed E-state index contributed by atoms with van der Waals surface area (Å²) in [6.45, 7) is 3.03. The zero-order valence-electron chi connectivity index (χ0n) is 25.4. The normalized spacial score (nSPS) is 27.5. The van der Waals surface area contributed by atoms with Crippen molar-refractivity contribution in [3.63, 3.8) is 0 Å². The van der Waals surface area contributed by atoms with Crippen molar-refractivity contribution in [2.45, 2.75) is 109 Å². The highest BCUT2D eigenvalue weighted by atomic mass is 16.5. The topological polar surface area (TPSA) is 75.6 Å². The van der Waals surface area contributed by atoms with E-state index in [2.05, 4.69) is 24.4 Å². The van der Waals surface area contributed by atoms with Crippen LogP contribution in [0.1, 0.15) is 117 Å². The summed E-state index contributed by atoms with van der Waals surface area (Å²) in [6.07, 6.45) is 16.4. The van der Waals surface area contributed by atoms with Crippen molar-refractivity contribution >= 4 is 11.9 Å². The lowest BCUT2D eigenvalue weighted by Gasteiger charge is -2.57. The van der Waals surface area contributed by atoms with E-state index in [1.807, 2.05) is 30.3 Å². The van der Waals surface area contributed by atoms with Crippen molar-refractivity contribution in [3.8, 4) is 5.75 Å². The number of hydrogen-bond acceptors (Lipinski definition) is 3. The summed E-state index contributed by atoms with van der Waals surface area (Å²) in [5.41, 5.74) is 4.35. The maximum atomic E-state index is 13.2. The first-order valence-corrected chi connectivity index (χ1v) is 16.8. The van der Waals surface area contributed by atoms with Crippen molar-refractivity contribution < 1.29 is 19.4 Å². The predicted octanol–water partition coefficient (Wildman–Crippen LogP) is 8.09. The van der Waals surface area contributed by atoms with Gasteiger partial charge in [0.05, 0.1) is 12.5 Å². The Kier molecular flexibility index (Phi) is 8.93. The lowest BCUT2D eigenvalue weighted by atomic mass is 9.48. The van der Waals surface area contributed by atoms with E-state index < -0.39 is 5.97 Å². The molecule has 0 radical (unpaired) electrons. The lowest BCUT2D eigenvalue weighted by molar-refractivity contribution is -0.142. The molecular weight excluding hydrogens is 522 g/mol. The third-order valence-corrected chi connectivity index (χ3v) is 11.0. The molecule has 2 aromatic carbocycles. The van der Waals surface area contributed by atoms with Crippen molar-refractivity contribution in [1.82, 2.24) is 5.32 Å². The zero-order chi connectivity index (χ0) is 29.1. The second-order valence-corrected chi connectivity index (χ2v) is 14.2. The number of carbonyl (C=O) groups is 2. The fourth-order valence-corrected chi connectivity index (χ4v) is 9.35. The van der Waals surface area contributed by atoms with Crippen LogP contribution < -0.4 is 10.1 Å². The van der Waals surface area contributed by atoms with Crippen LogP contribution in [0.2, 0.25) is 0 Å². The highest BCUT2D eigenvalue weighted by Gasteiger charge is 2.51. The quantitative estimate of drug-likeness (QED) is 0.270. The van der Waals surface area contributed by atoms with Gasteiger partial charge in [-0.2, -0.15) is 0 Å². The van der Waals surface area contributed by atoms with Gasteiger partial charge < -0.3 is 15.2 Å². The number of carboxylic acid groups (broad SMARTS) is 1. The van der Waals surface area contributed by atoms with Crippen molar-refractivity contribution in [2.75, 3.05) is 6.61 Å². The molecule has 5 heteroatoms. The van der Waals surface area contributed by atoms with Crippen LogP contribution in [0.15, 0.2) is 42.5 Å². The number of carbonyl (C=O) groups excluding carboxylic acids is 1. The second kappa shape index (κ2) is 12.8. The minimum atomic E-state index is -0.710. The Morgan fingerprint density at radius 1 is 0.952 bits per heavy atom. The molecule has 1 atom stereocenters. The van der Waals surface area contributed by atoms with Crippen LogP contribution in [-0.2, 0) is 23.2 Å². The maximum Gasteiger partial charge on any atom is 0.306 e. The van der Waals surface area contributed by atoms with Crippen LogP contribution in [-0.4, -0.2) is 23.6 Å². The molecule has 42 heavy (non-hydrogen) atoms. The van der Waals surface area contributed by atoms with E-state index in [9.17, 15) is 14.7 Å². The van der Waals surface area contributed by atoms with E-state index in [0.29, 0.717) is 36.5 Å². The molecule has 226 valence electrons. The van der Waals surface area contributed by atoms with Gasteiger partial charge in [-0.1, -0.05) is 63.3 Å². The Morgan fingerprint density at radius 3 is 2.24 bits per heavy atom. The fourth-order valence-electron chi connectivity index (χ4n) is 9.35. The average molecular weight is 572 g/mol. The summed E-state index contributed by atoms with van der Waals surface area (Å²) in [4.78, 5) is 25.4. The molecule has 0 aliphatic heterocycles. The lowest BCUT2D eigenvalue weighted by Crippen LogP contribution is -2.48. The van der Waals surface area contributed by atoms with Gasteiger partial charge in [0, 0.05) is 17.7 Å². The zero-order valence-corrected chi connectivity index (χ0v) is 25.4. The fraction of sp³-hybridized carbons (Fsp3) is 0.622. The Bertz CT molecular complexity index is 1210. The Labute approximate surface area is 251 Å². The van der Waals surface area contributed by atoms with Crippen LogP contribution in [0.5, 0.6) is 5.75 Å². The largest absolute Gasteiger partial charge is 0.493 e. The smallest absolute Gasteiger partial charge is 0.306 e. The summed E-state index contributed by atoms with van der Waals surface area (Å²) in [7, 11) is 0. The van der Waals surface area contributed by atoms with Gasteiger partial charge in [0.25, 0.3) is 5.91 Å². The van der Waals surface area contributed by atoms with Crippen molar-refractivity contribution in [1.29, 1.82) is 0 Å². The predicted molar refractivity (Wildman–Crippen MR) is 166 cm³/mol. The molecule has 5 fully saturated rings. The van der Waals surface area contributed by atoms with Gasteiger partial charge in [0.1, 0.15) is 5.75 Å². The van der Waals surface area contributed by atoms with Crippen LogP contribution in [0.4, 0.5) is 0 Å². The molecule has 7 rings (SSSR count). The van der Waals surface area contributed by atoms with Crippen LogP contribution in [0.25, 0.3) is 0 Å². The molecule has 0 aromatic heterocycles. The molecule has 0 spiro atoms. The summed E-state index contributed by atoms with van der Waals surface area (Å²) in [5.74, 6) is 2.80. The number of nitrogens with one attached hydrogen (secondary N) is 1. The van der Waals surface area contributed by atoms with Gasteiger partial charge in [-0.15, -0.1) is 0 Å².